The SMILES string of the molecule is CCCCCCC(C)COc1ccccc1. The number of unbranched alkanes of at least 4 members (excludes halogenated alkanes) is 3. The van der Waals surface area contributed by atoms with Gasteiger partial charge in [0.25, 0.3) is 0 Å². The maximum absolute atomic E-state index is 5.72. The molecular weight excluding hydrogens is 196 g/mol. The lowest BCUT2D eigenvalue weighted by Gasteiger charge is -2.12. The first-order chi connectivity index (χ1) is 7.83. The number of rotatable bonds is 8. The lowest BCUT2D eigenvalue weighted by atomic mass is 10.0. The Balaban J connectivity index is 2.08. The van der Waals surface area contributed by atoms with Crippen LogP contribution in [0.5, 0.6) is 5.75 Å². The van der Waals surface area contributed by atoms with Gasteiger partial charge in [0.1, 0.15) is 5.75 Å². The van der Waals surface area contributed by atoms with E-state index in [0.717, 1.165) is 12.4 Å². The standard InChI is InChI=1S/C15H24O/c1-3-4-5-7-10-14(2)13-16-15-11-8-6-9-12-15/h6,8-9,11-12,14H,3-5,7,10,13H2,1-2H3. The van der Waals surface area contributed by atoms with Gasteiger partial charge in [-0.15, -0.1) is 0 Å². The second kappa shape index (κ2) is 8.20. The van der Waals surface area contributed by atoms with Crippen LogP contribution in [0.15, 0.2) is 30.3 Å². The molecule has 0 fully saturated rings. The first kappa shape index (κ1) is 13.1. The summed E-state index contributed by atoms with van der Waals surface area (Å²) >= 11 is 0. The van der Waals surface area contributed by atoms with E-state index >= 15 is 0 Å². The molecule has 0 saturated heterocycles. The molecule has 90 valence electrons. The van der Waals surface area contributed by atoms with Crippen LogP contribution in [0.4, 0.5) is 0 Å². The minimum Gasteiger partial charge on any atom is -0.493 e. The predicted molar refractivity (Wildman–Crippen MR) is 69.9 cm³/mol. The van der Waals surface area contributed by atoms with Gasteiger partial charge in [-0.05, 0) is 24.5 Å². The van der Waals surface area contributed by atoms with Crippen molar-refractivity contribution in [3.8, 4) is 5.75 Å². The molecule has 1 aromatic rings. The Morgan fingerprint density at radius 2 is 1.81 bits per heavy atom. The average molecular weight is 220 g/mol. The Morgan fingerprint density at radius 3 is 2.50 bits per heavy atom. The molecule has 0 N–H and O–H groups in total. The van der Waals surface area contributed by atoms with Crippen LogP contribution in [-0.4, -0.2) is 6.61 Å². The zero-order valence-corrected chi connectivity index (χ0v) is 10.6. The second-order valence-electron chi connectivity index (χ2n) is 4.58. The summed E-state index contributed by atoms with van der Waals surface area (Å²) in [6.45, 7) is 5.37. The number of benzene rings is 1. The molecular formula is C15H24O. The third kappa shape index (κ3) is 5.79. The van der Waals surface area contributed by atoms with Crippen molar-refractivity contribution in [3.63, 3.8) is 0 Å². The fourth-order valence-corrected chi connectivity index (χ4v) is 1.76. The van der Waals surface area contributed by atoms with E-state index in [1.165, 1.54) is 32.1 Å². The lowest BCUT2D eigenvalue weighted by Crippen LogP contribution is -2.08. The first-order valence-electron chi connectivity index (χ1n) is 6.50. The minimum absolute atomic E-state index is 0.664. The number of ether oxygens (including phenoxy) is 1. The number of para-hydroxylation sites is 1. The maximum Gasteiger partial charge on any atom is 0.119 e. The Kier molecular flexibility index (Phi) is 6.71. The van der Waals surface area contributed by atoms with Crippen LogP contribution < -0.4 is 4.74 Å². The van der Waals surface area contributed by atoms with Gasteiger partial charge >= 0.3 is 0 Å². The van der Waals surface area contributed by atoms with Gasteiger partial charge in [-0.3, -0.25) is 0 Å². The topological polar surface area (TPSA) is 9.23 Å². The molecule has 1 aromatic carbocycles. The molecule has 1 nitrogen and oxygen atoms in total. The Morgan fingerprint density at radius 1 is 1.06 bits per heavy atom. The molecule has 0 heterocycles. The van der Waals surface area contributed by atoms with Crippen molar-refractivity contribution in [2.24, 2.45) is 5.92 Å². The number of hydrogen-bond donors (Lipinski definition) is 0. The highest BCUT2D eigenvalue weighted by atomic mass is 16.5. The largest absolute Gasteiger partial charge is 0.493 e. The summed E-state index contributed by atoms with van der Waals surface area (Å²) in [5, 5.41) is 0. The molecule has 0 spiro atoms. The molecule has 0 aliphatic rings. The third-order valence-corrected chi connectivity index (χ3v) is 2.83. The van der Waals surface area contributed by atoms with Crippen LogP contribution in [0, 0.1) is 5.92 Å². The van der Waals surface area contributed by atoms with Gasteiger partial charge in [0.05, 0.1) is 6.61 Å². The normalized spacial score (nSPS) is 12.4. The van der Waals surface area contributed by atoms with Crippen LogP contribution in [0.1, 0.15) is 46.0 Å². The van der Waals surface area contributed by atoms with Gasteiger partial charge in [-0.2, -0.15) is 0 Å². The summed E-state index contributed by atoms with van der Waals surface area (Å²) in [5.41, 5.74) is 0. The fraction of sp³-hybridized carbons (Fsp3) is 0.600. The molecule has 1 atom stereocenters. The minimum atomic E-state index is 0.664. The summed E-state index contributed by atoms with van der Waals surface area (Å²) < 4.78 is 5.72. The summed E-state index contributed by atoms with van der Waals surface area (Å²) in [6.07, 6.45) is 6.67. The quantitative estimate of drug-likeness (QED) is 0.578. The smallest absolute Gasteiger partial charge is 0.119 e. The van der Waals surface area contributed by atoms with E-state index in [-0.39, 0.29) is 0 Å². The zero-order chi connectivity index (χ0) is 11.6. The molecule has 16 heavy (non-hydrogen) atoms. The van der Waals surface area contributed by atoms with Crippen LogP contribution in [-0.2, 0) is 0 Å². The maximum atomic E-state index is 5.72. The van der Waals surface area contributed by atoms with Crippen molar-refractivity contribution in [1.29, 1.82) is 0 Å². The van der Waals surface area contributed by atoms with Crippen molar-refractivity contribution in [2.45, 2.75) is 46.0 Å². The Bertz CT molecular complexity index is 255. The first-order valence-corrected chi connectivity index (χ1v) is 6.50. The lowest BCUT2D eigenvalue weighted by molar-refractivity contribution is 0.249. The van der Waals surface area contributed by atoms with Gasteiger partial charge < -0.3 is 4.74 Å². The summed E-state index contributed by atoms with van der Waals surface area (Å²) in [4.78, 5) is 0. The highest BCUT2D eigenvalue weighted by Gasteiger charge is 2.02. The highest BCUT2D eigenvalue weighted by molar-refractivity contribution is 5.20. The zero-order valence-electron chi connectivity index (χ0n) is 10.6. The van der Waals surface area contributed by atoms with Gasteiger partial charge in [0.15, 0.2) is 0 Å². The number of hydrogen-bond acceptors (Lipinski definition) is 1. The molecule has 1 unspecified atom stereocenters. The van der Waals surface area contributed by atoms with E-state index in [0.29, 0.717) is 5.92 Å². The molecule has 0 radical (unpaired) electrons. The van der Waals surface area contributed by atoms with Crippen LogP contribution in [0.2, 0.25) is 0 Å². The van der Waals surface area contributed by atoms with Crippen molar-refractivity contribution in [2.75, 3.05) is 6.61 Å². The van der Waals surface area contributed by atoms with Gasteiger partial charge in [-0.25, -0.2) is 0 Å². The Labute approximate surface area is 99.8 Å². The van der Waals surface area contributed by atoms with E-state index in [1.807, 2.05) is 30.3 Å². The van der Waals surface area contributed by atoms with E-state index in [1.54, 1.807) is 0 Å². The van der Waals surface area contributed by atoms with Crippen molar-refractivity contribution < 1.29 is 4.74 Å². The summed E-state index contributed by atoms with van der Waals surface area (Å²) in [6, 6.07) is 10.1. The van der Waals surface area contributed by atoms with Crippen LogP contribution in [0.3, 0.4) is 0 Å². The average Bonchev–Trinajstić information content (AvgIpc) is 2.33. The second-order valence-corrected chi connectivity index (χ2v) is 4.58. The fourth-order valence-electron chi connectivity index (χ4n) is 1.76. The van der Waals surface area contributed by atoms with Gasteiger partial charge in [0.2, 0.25) is 0 Å². The van der Waals surface area contributed by atoms with Crippen molar-refractivity contribution in [1.82, 2.24) is 0 Å². The summed E-state index contributed by atoms with van der Waals surface area (Å²) in [5.74, 6) is 1.65. The molecule has 0 bridgehead atoms. The van der Waals surface area contributed by atoms with E-state index < -0.39 is 0 Å². The van der Waals surface area contributed by atoms with Crippen molar-refractivity contribution in [3.05, 3.63) is 30.3 Å². The van der Waals surface area contributed by atoms with Gasteiger partial charge in [-0.1, -0.05) is 57.7 Å². The third-order valence-electron chi connectivity index (χ3n) is 2.83. The van der Waals surface area contributed by atoms with E-state index in [9.17, 15) is 0 Å². The van der Waals surface area contributed by atoms with E-state index in [4.69, 9.17) is 4.74 Å². The molecule has 0 aromatic heterocycles. The van der Waals surface area contributed by atoms with Gasteiger partial charge in [0, 0.05) is 0 Å². The molecule has 0 aliphatic heterocycles. The summed E-state index contributed by atoms with van der Waals surface area (Å²) in [7, 11) is 0. The Hall–Kier alpha value is -0.980. The monoisotopic (exact) mass is 220 g/mol. The van der Waals surface area contributed by atoms with Crippen LogP contribution >= 0.6 is 0 Å². The molecule has 0 aliphatic carbocycles. The highest BCUT2D eigenvalue weighted by Crippen LogP contribution is 2.14. The molecule has 0 saturated carbocycles. The predicted octanol–water partition coefficient (Wildman–Crippen LogP) is 4.67. The molecule has 0 amide bonds. The molecule has 1 heteroatoms. The molecule has 1 rings (SSSR count). The van der Waals surface area contributed by atoms with Crippen LogP contribution in [0.25, 0.3) is 0 Å². The van der Waals surface area contributed by atoms with Crippen molar-refractivity contribution >= 4 is 0 Å². The van der Waals surface area contributed by atoms with E-state index in [2.05, 4.69) is 13.8 Å².